The van der Waals surface area contributed by atoms with Crippen molar-refractivity contribution in [2.24, 2.45) is 5.73 Å². The van der Waals surface area contributed by atoms with Crippen LogP contribution in [0.25, 0.3) is 9.88 Å². The summed E-state index contributed by atoms with van der Waals surface area (Å²) in [5, 5.41) is 3.20. The molecule has 0 aliphatic carbocycles. The standard InChI is InChI=1S/C13H18N2S2/c1-4-6-9-11(13(2,3)14)17-12(15-9)10-7-5-8-16-10/h5,7-8H,4,6,14H2,1-3H3. The van der Waals surface area contributed by atoms with Crippen molar-refractivity contribution in [3.63, 3.8) is 0 Å². The van der Waals surface area contributed by atoms with Gasteiger partial charge >= 0.3 is 0 Å². The van der Waals surface area contributed by atoms with Crippen molar-refractivity contribution in [1.29, 1.82) is 0 Å². The molecule has 2 heterocycles. The Hall–Kier alpha value is -0.710. The Morgan fingerprint density at radius 2 is 2.18 bits per heavy atom. The molecule has 2 aromatic rings. The van der Waals surface area contributed by atoms with Crippen LogP contribution in [0.4, 0.5) is 0 Å². The fourth-order valence-electron chi connectivity index (χ4n) is 1.77. The van der Waals surface area contributed by atoms with Gasteiger partial charge in [-0.05, 0) is 31.7 Å². The van der Waals surface area contributed by atoms with Crippen LogP contribution < -0.4 is 5.73 Å². The smallest absolute Gasteiger partial charge is 0.133 e. The molecule has 0 aromatic carbocycles. The molecule has 0 amide bonds. The van der Waals surface area contributed by atoms with Crippen molar-refractivity contribution in [2.75, 3.05) is 0 Å². The molecule has 17 heavy (non-hydrogen) atoms. The lowest BCUT2D eigenvalue weighted by Gasteiger charge is -2.17. The van der Waals surface area contributed by atoms with Gasteiger partial charge in [0.15, 0.2) is 0 Å². The molecule has 0 fully saturated rings. The van der Waals surface area contributed by atoms with E-state index in [4.69, 9.17) is 10.7 Å². The normalized spacial score (nSPS) is 12.0. The van der Waals surface area contributed by atoms with E-state index in [1.807, 2.05) is 0 Å². The first-order valence-electron chi connectivity index (χ1n) is 5.85. The Bertz CT molecular complexity index is 478. The van der Waals surface area contributed by atoms with Crippen LogP contribution in [0.1, 0.15) is 37.8 Å². The van der Waals surface area contributed by atoms with E-state index in [-0.39, 0.29) is 5.54 Å². The van der Waals surface area contributed by atoms with Crippen LogP contribution in [-0.4, -0.2) is 4.98 Å². The van der Waals surface area contributed by atoms with Crippen LogP contribution in [0, 0.1) is 0 Å². The fourth-order valence-corrected chi connectivity index (χ4v) is 3.69. The highest BCUT2D eigenvalue weighted by molar-refractivity contribution is 7.21. The van der Waals surface area contributed by atoms with Crippen LogP contribution in [0.15, 0.2) is 17.5 Å². The van der Waals surface area contributed by atoms with E-state index >= 15 is 0 Å². The lowest BCUT2D eigenvalue weighted by atomic mass is 10.0. The van der Waals surface area contributed by atoms with Crippen molar-refractivity contribution in [3.8, 4) is 9.88 Å². The van der Waals surface area contributed by atoms with Gasteiger partial charge in [0, 0.05) is 10.4 Å². The summed E-state index contributed by atoms with van der Waals surface area (Å²) >= 11 is 3.47. The molecular formula is C13H18N2S2. The summed E-state index contributed by atoms with van der Waals surface area (Å²) in [5.41, 5.74) is 7.11. The molecule has 0 aliphatic rings. The van der Waals surface area contributed by atoms with E-state index in [9.17, 15) is 0 Å². The number of hydrogen-bond donors (Lipinski definition) is 1. The number of thiazole rings is 1. The number of rotatable bonds is 4. The summed E-state index contributed by atoms with van der Waals surface area (Å²) in [5.74, 6) is 0. The van der Waals surface area contributed by atoms with Crippen LogP contribution in [0.5, 0.6) is 0 Å². The molecular weight excluding hydrogens is 248 g/mol. The van der Waals surface area contributed by atoms with E-state index in [0.717, 1.165) is 17.8 Å². The molecule has 4 heteroatoms. The van der Waals surface area contributed by atoms with Gasteiger partial charge in [0.2, 0.25) is 0 Å². The molecule has 0 saturated carbocycles. The average Bonchev–Trinajstić information content (AvgIpc) is 2.82. The van der Waals surface area contributed by atoms with Crippen molar-refractivity contribution < 1.29 is 0 Å². The summed E-state index contributed by atoms with van der Waals surface area (Å²) in [4.78, 5) is 7.22. The maximum Gasteiger partial charge on any atom is 0.133 e. The predicted octanol–water partition coefficient (Wildman–Crippen LogP) is 4.02. The topological polar surface area (TPSA) is 38.9 Å². The highest BCUT2D eigenvalue weighted by Crippen LogP contribution is 2.36. The predicted molar refractivity (Wildman–Crippen MR) is 76.6 cm³/mol. The molecule has 0 unspecified atom stereocenters. The second-order valence-electron chi connectivity index (χ2n) is 4.74. The second kappa shape index (κ2) is 4.88. The lowest BCUT2D eigenvalue weighted by Crippen LogP contribution is -2.28. The maximum atomic E-state index is 6.23. The van der Waals surface area contributed by atoms with Gasteiger partial charge in [0.05, 0.1) is 10.6 Å². The summed E-state index contributed by atoms with van der Waals surface area (Å²) in [6.07, 6.45) is 2.12. The minimum absolute atomic E-state index is 0.294. The highest BCUT2D eigenvalue weighted by atomic mass is 32.1. The Labute approximate surface area is 111 Å². The monoisotopic (exact) mass is 266 g/mol. The first-order chi connectivity index (χ1) is 8.02. The third-order valence-electron chi connectivity index (χ3n) is 2.50. The molecule has 0 radical (unpaired) electrons. The minimum atomic E-state index is -0.294. The Balaban J connectivity index is 2.45. The zero-order chi connectivity index (χ0) is 12.5. The number of thiophene rings is 1. The van der Waals surface area contributed by atoms with Crippen LogP contribution in [0.3, 0.4) is 0 Å². The molecule has 2 aromatic heterocycles. The molecule has 0 aliphatic heterocycles. The number of nitrogens with zero attached hydrogens (tertiary/aromatic N) is 1. The highest BCUT2D eigenvalue weighted by Gasteiger charge is 2.23. The molecule has 2 rings (SSSR count). The summed E-state index contributed by atoms with van der Waals surface area (Å²) in [7, 11) is 0. The number of aromatic nitrogens is 1. The van der Waals surface area contributed by atoms with E-state index in [0.29, 0.717) is 0 Å². The fraction of sp³-hybridized carbons (Fsp3) is 0.462. The first kappa shape index (κ1) is 12.7. The van der Waals surface area contributed by atoms with Crippen molar-refractivity contribution in [2.45, 2.75) is 39.2 Å². The molecule has 0 spiro atoms. The zero-order valence-electron chi connectivity index (χ0n) is 10.5. The van der Waals surface area contributed by atoms with Crippen molar-refractivity contribution in [3.05, 3.63) is 28.1 Å². The second-order valence-corrected chi connectivity index (χ2v) is 6.69. The Kier molecular flexibility index (Phi) is 3.66. The van der Waals surface area contributed by atoms with Gasteiger partial charge in [0.1, 0.15) is 5.01 Å². The summed E-state index contributed by atoms with van der Waals surface area (Å²) in [6.45, 7) is 6.28. The third kappa shape index (κ3) is 2.76. The van der Waals surface area contributed by atoms with Gasteiger partial charge in [0.25, 0.3) is 0 Å². The number of aryl methyl sites for hydroxylation is 1. The van der Waals surface area contributed by atoms with E-state index < -0.39 is 0 Å². The summed E-state index contributed by atoms with van der Waals surface area (Å²) < 4.78 is 0. The Morgan fingerprint density at radius 3 is 2.71 bits per heavy atom. The molecule has 0 saturated heterocycles. The van der Waals surface area contributed by atoms with E-state index in [1.54, 1.807) is 22.7 Å². The summed E-state index contributed by atoms with van der Waals surface area (Å²) in [6, 6.07) is 4.18. The van der Waals surface area contributed by atoms with Gasteiger partial charge in [-0.1, -0.05) is 19.4 Å². The quantitative estimate of drug-likeness (QED) is 0.908. The SMILES string of the molecule is CCCc1nc(-c2cccs2)sc1C(C)(C)N. The average molecular weight is 266 g/mol. The number of hydrogen-bond acceptors (Lipinski definition) is 4. The Morgan fingerprint density at radius 1 is 1.41 bits per heavy atom. The molecule has 2 N–H and O–H groups in total. The molecule has 0 bridgehead atoms. The van der Waals surface area contributed by atoms with Crippen LogP contribution >= 0.6 is 22.7 Å². The number of nitrogens with two attached hydrogens (primary N) is 1. The van der Waals surface area contributed by atoms with Gasteiger partial charge in [-0.3, -0.25) is 0 Å². The third-order valence-corrected chi connectivity index (χ3v) is 4.98. The van der Waals surface area contributed by atoms with Crippen LogP contribution in [0.2, 0.25) is 0 Å². The zero-order valence-corrected chi connectivity index (χ0v) is 12.1. The van der Waals surface area contributed by atoms with Gasteiger partial charge in [-0.25, -0.2) is 4.98 Å². The van der Waals surface area contributed by atoms with Crippen molar-refractivity contribution >= 4 is 22.7 Å². The van der Waals surface area contributed by atoms with Gasteiger partial charge in [-0.2, -0.15) is 0 Å². The first-order valence-corrected chi connectivity index (χ1v) is 7.55. The molecule has 0 atom stereocenters. The van der Waals surface area contributed by atoms with E-state index in [1.165, 1.54) is 15.4 Å². The van der Waals surface area contributed by atoms with Crippen LogP contribution in [-0.2, 0) is 12.0 Å². The lowest BCUT2D eigenvalue weighted by molar-refractivity contribution is 0.557. The van der Waals surface area contributed by atoms with Gasteiger partial charge in [-0.15, -0.1) is 22.7 Å². The molecule has 2 nitrogen and oxygen atoms in total. The maximum absolute atomic E-state index is 6.23. The van der Waals surface area contributed by atoms with Crippen molar-refractivity contribution in [1.82, 2.24) is 4.98 Å². The van der Waals surface area contributed by atoms with E-state index in [2.05, 4.69) is 38.3 Å². The minimum Gasteiger partial charge on any atom is -0.321 e. The van der Waals surface area contributed by atoms with Gasteiger partial charge < -0.3 is 5.73 Å². The largest absolute Gasteiger partial charge is 0.321 e. The molecule has 92 valence electrons.